The fourth-order valence-corrected chi connectivity index (χ4v) is 7.40. The fourth-order valence-electron chi connectivity index (χ4n) is 7.40. The van der Waals surface area contributed by atoms with Crippen LogP contribution in [-0.2, 0) is 0 Å². The third-order valence-corrected chi connectivity index (χ3v) is 9.07. The molecule has 9 atom stereocenters. The molecule has 0 amide bonds. The van der Waals surface area contributed by atoms with Crippen LogP contribution in [0.5, 0.6) is 0 Å². The Balaban J connectivity index is 1.90. The van der Waals surface area contributed by atoms with Gasteiger partial charge in [-0.05, 0) is 85.9 Å². The maximum Gasteiger partial charge on any atom is 0.0658 e. The first-order chi connectivity index (χ1) is 11.3. The van der Waals surface area contributed by atoms with Crippen LogP contribution >= 0.6 is 0 Å². The van der Waals surface area contributed by atoms with Gasteiger partial charge < -0.3 is 5.11 Å². The standard InChI is InChI=1S/C22H37NO/c1-6-18-17-8-7-16-11-20(24)14(2)12-22(16,5)19(17)9-10-21(18,4)15(3)13-23/h14-20,24H,6-12H2,1-5H3/t14-,15+,16-,17-,18-,19-,20-,21?,22-/m0/s1. The van der Waals surface area contributed by atoms with E-state index in [4.69, 9.17) is 0 Å². The van der Waals surface area contributed by atoms with Crippen LogP contribution in [0, 0.1) is 57.7 Å². The SMILES string of the molecule is CC[C@H]1[C@@H]2CC[C@H]3C[C@H](O)[C@@H](C)C[C@]3(C)[C@H]2CCC1(C)[C@H](C)C#N. The lowest BCUT2D eigenvalue weighted by molar-refractivity contribution is -0.147. The zero-order valence-electron chi connectivity index (χ0n) is 16.4. The van der Waals surface area contributed by atoms with Crippen molar-refractivity contribution in [1.82, 2.24) is 0 Å². The zero-order valence-corrected chi connectivity index (χ0v) is 16.4. The summed E-state index contributed by atoms with van der Waals surface area (Å²) in [5.74, 6) is 3.58. The second-order valence-electron chi connectivity index (χ2n) is 9.94. The average molecular weight is 332 g/mol. The summed E-state index contributed by atoms with van der Waals surface area (Å²) in [5.41, 5.74) is 0.597. The Hall–Kier alpha value is -0.550. The Morgan fingerprint density at radius 3 is 2.58 bits per heavy atom. The number of fused-ring (bicyclic) bond motifs is 3. The van der Waals surface area contributed by atoms with Gasteiger partial charge in [0.1, 0.15) is 0 Å². The molecular weight excluding hydrogens is 294 g/mol. The van der Waals surface area contributed by atoms with E-state index in [2.05, 4.69) is 40.7 Å². The smallest absolute Gasteiger partial charge is 0.0658 e. The minimum Gasteiger partial charge on any atom is -0.393 e. The topological polar surface area (TPSA) is 44.0 Å². The molecule has 2 heteroatoms. The van der Waals surface area contributed by atoms with Gasteiger partial charge in [0.25, 0.3) is 0 Å². The highest BCUT2D eigenvalue weighted by atomic mass is 16.3. The van der Waals surface area contributed by atoms with Crippen molar-refractivity contribution in [2.45, 2.75) is 85.7 Å². The van der Waals surface area contributed by atoms with Gasteiger partial charge in [-0.15, -0.1) is 0 Å². The Labute approximate surface area is 149 Å². The molecule has 0 heterocycles. The van der Waals surface area contributed by atoms with Gasteiger partial charge in [-0.1, -0.05) is 34.1 Å². The molecule has 0 aromatic rings. The van der Waals surface area contributed by atoms with Crippen molar-refractivity contribution in [1.29, 1.82) is 5.26 Å². The van der Waals surface area contributed by atoms with Gasteiger partial charge in [-0.2, -0.15) is 5.26 Å². The Morgan fingerprint density at radius 2 is 1.96 bits per heavy atom. The van der Waals surface area contributed by atoms with Crippen LogP contribution in [0.3, 0.4) is 0 Å². The normalized spacial score (nSPS) is 52.7. The first kappa shape index (κ1) is 18.2. The van der Waals surface area contributed by atoms with E-state index in [1.165, 1.54) is 38.5 Å². The Bertz CT molecular complexity index is 511. The lowest BCUT2D eigenvalue weighted by Crippen LogP contribution is -2.56. The summed E-state index contributed by atoms with van der Waals surface area (Å²) in [6, 6.07) is 2.58. The van der Waals surface area contributed by atoms with Crippen LogP contribution in [0.4, 0.5) is 0 Å². The van der Waals surface area contributed by atoms with Gasteiger partial charge in [0.05, 0.1) is 12.2 Å². The molecule has 2 nitrogen and oxygen atoms in total. The number of aliphatic hydroxyl groups is 1. The summed E-state index contributed by atoms with van der Waals surface area (Å²) < 4.78 is 0. The second-order valence-corrected chi connectivity index (χ2v) is 9.94. The van der Waals surface area contributed by atoms with Crippen LogP contribution in [-0.4, -0.2) is 11.2 Å². The third-order valence-electron chi connectivity index (χ3n) is 9.07. The molecule has 3 fully saturated rings. The molecule has 136 valence electrons. The predicted molar refractivity (Wildman–Crippen MR) is 98.1 cm³/mol. The van der Waals surface area contributed by atoms with E-state index >= 15 is 0 Å². The van der Waals surface area contributed by atoms with Gasteiger partial charge in [-0.25, -0.2) is 0 Å². The van der Waals surface area contributed by atoms with Crippen molar-refractivity contribution < 1.29 is 5.11 Å². The van der Waals surface area contributed by atoms with Crippen molar-refractivity contribution in [3.8, 4) is 6.07 Å². The summed E-state index contributed by atoms with van der Waals surface area (Å²) in [4.78, 5) is 0. The number of nitrogens with zero attached hydrogens (tertiary/aromatic N) is 1. The minimum atomic E-state index is -0.0888. The quantitative estimate of drug-likeness (QED) is 0.735. The number of hydrogen-bond donors (Lipinski definition) is 1. The zero-order chi connectivity index (χ0) is 17.7. The van der Waals surface area contributed by atoms with E-state index in [-0.39, 0.29) is 17.4 Å². The van der Waals surface area contributed by atoms with Crippen molar-refractivity contribution >= 4 is 0 Å². The van der Waals surface area contributed by atoms with Crippen molar-refractivity contribution in [3.63, 3.8) is 0 Å². The fraction of sp³-hybridized carbons (Fsp3) is 0.955. The van der Waals surface area contributed by atoms with E-state index < -0.39 is 0 Å². The molecule has 1 N–H and O–H groups in total. The molecule has 0 aromatic heterocycles. The molecule has 3 aliphatic carbocycles. The second kappa shape index (κ2) is 6.31. The van der Waals surface area contributed by atoms with Crippen LogP contribution in [0.1, 0.15) is 79.6 Å². The van der Waals surface area contributed by atoms with E-state index in [0.717, 1.165) is 18.3 Å². The molecular formula is C22H37NO. The van der Waals surface area contributed by atoms with Crippen molar-refractivity contribution in [2.75, 3.05) is 0 Å². The van der Waals surface area contributed by atoms with Gasteiger partial charge >= 0.3 is 0 Å². The third kappa shape index (κ3) is 2.54. The first-order valence-corrected chi connectivity index (χ1v) is 10.4. The number of aliphatic hydroxyl groups excluding tert-OH is 1. The molecule has 3 aliphatic rings. The maximum atomic E-state index is 10.4. The summed E-state index contributed by atoms with van der Waals surface area (Å²) in [5, 5.41) is 20.0. The van der Waals surface area contributed by atoms with Gasteiger partial charge in [-0.3, -0.25) is 0 Å². The molecule has 0 aliphatic heterocycles. The van der Waals surface area contributed by atoms with Crippen LogP contribution in [0.2, 0.25) is 0 Å². The van der Waals surface area contributed by atoms with Crippen LogP contribution in [0.25, 0.3) is 0 Å². The number of hydrogen-bond acceptors (Lipinski definition) is 2. The molecule has 0 bridgehead atoms. The summed E-state index contributed by atoms with van der Waals surface area (Å²) in [6.45, 7) is 11.7. The van der Waals surface area contributed by atoms with Crippen LogP contribution < -0.4 is 0 Å². The van der Waals surface area contributed by atoms with E-state index in [0.29, 0.717) is 23.2 Å². The molecule has 24 heavy (non-hydrogen) atoms. The summed E-state index contributed by atoms with van der Waals surface area (Å²) >= 11 is 0. The summed E-state index contributed by atoms with van der Waals surface area (Å²) in [6.07, 6.45) is 8.44. The monoisotopic (exact) mass is 331 g/mol. The molecule has 1 unspecified atom stereocenters. The highest BCUT2D eigenvalue weighted by molar-refractivity contribution is 5.09. The Kier molecular flexibility index (Phi) is 4.80. The first-order valence-electron chi connectivity index (χ1n) is 10.4. The van der Waals surface area contributed by atoms with Crippen LogP contribution in [0.15, 0.2) is 0 Å². The van der Waals surface area contributed by atoms with Crippen molar-refractivity contribution in [3.05, 3.63) is 0 Å². The minimum absolute atomic E-state index is 0.0888. The number of rotatable bonds is 2. The molecule has 3 rings (SSSR count). The largest absolute Gasteiger partial charge is 0.393 e. The van der Waals surface area contributed by atoms with Gasteiger partial charge in [0.15, 0.2) is 0 Å². The molecule has 3 saturated carbocycles. The lowest BCUT2D eigenvalue weighted by atomic mass is 9.42. The number of nitriles is 1. The predicted octanol–water partition coefficient (Wildman–Crippen LogP) is 5.41. The van der Waals surface area contributed by atoms with E-state index in [9.17, 15) is 10.4 Å². The van der Waals surface area contributed by atoms with E-state index in [1.807, 2.05) is 0 Å². The van der Waals surface area contributed by atoms with Gasteiger partial charge in [0, 0.05) is 5.92 Å². The lowest BCUT2D eigenvalue weighted by Gasteiger charge is -2.62. The van der Waals surface area contributed by atoms with E-state index in [1.54, 1.807) is 0 Å². The molecule has 0 radical (unpaired) electrons. The average Bonchev–Trinajstić information content (AvgIpc) is 2.55. The Morgan fingerprint density at radius 1 is 1.25 bits per heavy atom. The highest BCUT2D eigenvalue weighted by Crippen LogP contribution is 2.65. The van der Waals surface area contributed by atoms with Gasteiger partial charge in [0.2, 0.25) is 0 Å². The molecule has 0 saturated heterocycles. The maximum absolute atomic E-state index is 10.4. The highest BCUT2D eigenvalue weighted by Gasteiger charge is 2.58. The molecule has 0 aromatic carbocycles. The summed E-state index contributed by atoms with van der Waals surface area (Å²) in [7, 11) is 0. The van der Waals surface area contributed by atoms with Crippen molar-refractivity contribution in [2.24, 2.45) is 46.3 Å². The molecule has 0 spiro atoms.